The van der Waals surface area contributed by atoms with Crippen LogP contribution in [0, 0.1) is 15.9 Å². The highest BCUT2D eigenvalue weighted by Gasteiger charge is 2.29. The summed E-state index contributed by atoms with van der Waals surface area (Å²) >= 11 is 2.98. The van der Waals surface area contributed by atoms with Crippen LogP contribution in [-0.2, 0) is 0 Å². The summed E-state index contributed by atoms with van der Waals surface area (Å²) in [7, 11) is 0. The summed E-state index contributed by atoms with van der Waals surface area (Å²) in [6.45, 7) is 0. The molecule has 1 aliphatic carbocycles. The van der Waals surface area contributed by atoms with Crippen molar-refractivity contribution in [2.75, 3.05) is 5.32 Å². The van der Waals surface area contributed by atoms with E-state index in [9.17, 15) is 14.5 Å². The van der Waals surface area contributed by atoms with E-state index in [0.29, 0.717) is 12.8 Å². The lowest BCUT2D eigenvalue weighted by atomic mass is 9.89. The highest BCUT2D eigenvalue weighted by atomic mass is 79.9. The quantitative estimate of drug-likeness (QED) is 0.664. The summed E-state index contributed by atoms with van der Waals surface area (Å²) in [5.74, 6) is -0.670. The molecule has 1 aromatic rings. The summed E-state index contributed by atoms with van der Waals surface area (Å²) in [6.07, 6.45) is 0.744. The summed E-state index contributed by atoms with van der Waals surface area (Å²) in [4.78, 5) is 10.1. The van der Waals surface area contributed by atoms with Crippen LogP contribution in [0.15, 0.2) is 16.6 Å². The van der Waals surface area contributed by atoms with Gasteiger partial charge in [-0.15, -0.1) is 0 Å². The van der Waals surface area contributed by atoms with E-state index < -0.39 is 10.7 Å². The molecule has 7 heteroatoms. The minimum absolute atomic E-state index is 0.000983. The van der Waals surface area contributed by atoms with Crippen molar-refractivity contribution in [1.82, 2.24) is 0 Å². The lowest BCUT2D eigenvalue weighted by molar-refractivity contribution is -0.384. The maximum atomic E-state index is 13.2. The van der Waals surface area contributed by atoms with Gasteiger partial charge in [-0.05, 0) is 34.8 Å². The zero-order valence-corrected chi connectivity index (χ0v) is 10.3. The summed E-state index contributed by atoms with van der Waals surface area (Å²) in [6, 6.07) is 2.22. The van der Waals surface area contributed by atoms with Crippen molar-refractivity contribution in [2.45, 2.75) is 25.0 Å². The van der Waals surface area contributed by atoms with Crippen LogP contribution in [0.2, 0.25) is 0 Å². The van der Waals surface area contributed by atoms with Gasteiger partial charge >= 0.3 is 0 Å². The van der Waals surface area contributed by atoms with Crippen LogP contribution in [0.4, 0.5) is 15.8 Å². The maximum Gasteiger partial charge on any atom is 0.295 e. The molecule has 0 atom stereocenters. The Morgan fingerprint density at radius 1 is 1.53 bits per heavy atom. The monoisotopic (exact) mass is 304 g/mol. The third-order valence-electron chi connectivity index (χ3n) is 2.71. The molecule has 0 amide bonds. The minimum atomic E-state index is -0.670. The van der Waals surface area contributed by atoms with Crippen LogP contribution in [-0.4, -0.2) is 22.2 Å². The molecule has 0 aliphatic heterocycles. The van der Waals surface area contributed by atoms with E-state index in [-0.39, 0.29) is 28.0 Å². The van der Waals surface area contributed by atoms with Gasteiger partial charge in [0.05, 0.1) is 21.6 Å². The van der Waals surface area contributed by atoms with Crippen molar-refractivity contribution in [3.05, 3.63) is 32.5 Å². The molecule has 0 aromatic heterocycles. The molecule has 0 spiro atoms. The Morgan fingerprint density at radius 3 is 2.71 bits per heavy atom. The Kier molecular flexibility index (Phi) is 3.30. The SMILES string of the molecule is O=[N+]([O-])c1cc(F)c(Br)cc1NC1CC(O)C1. The van der Waals surface area contributed by atoms with Crippen molar-refractivity contribution in [3.8, 4) is 0 Å². The van der Waals surface area contributed by atoms with E-state index in [0.717, 1.165) is 6.07 Å². The lowest BCUT2D eigenvalue weighted by Crippen LogP contribution is -2.39. The summed E-state index contributed by atoms with van der Waals surface area (Å²) in [5.41, 5.74) is -0.0349. The smallest absolute Gasteiger partial charge is 0.295 e. The number of hydrogen-bond acceptors (Lipinski definition) is 4. The van der Waals surface area contributed by atoms with Crippen molar-refractivity contribution in [1.29, 1.82) is 0 Å². The largest absolute Gasteiger partial charge is 0.393 e. The number of nitrogens with one attached hydrogen (secondary N) is 1. The Labute approximate surface area is 105 Å². The summed E-state index contributed by atoms with van der Waals surface area (Å²) in [5, 5.41) is 22.8. The van der Waals surface area contributed by atoms with Crippen LogP contribution in [0.5, 0.6) is 0 Å². The van der Waals surface area contributed by atoms with Gasteiger partial charge in [0.1, 0.15) is 11.5 Å². The first-order valence-electron chi connectivity index (χ1n) is 5.05. The van der Waals surface area contributed by atoms with Crippen molar-refractivity contribution in [2.24, 2.45) is 0 Å². The second kappa shape index (κ2) is 4.58. The second-order valence-corrected chi connectivity index (χ2v) is 4.86. The van der Waals surface area contributed by atoms with Crippen molar-refractivity contribution in [3.63, 3.8) is 0 Å². The molecule has 0 saturated heterocycles. The van der Waals surface area contributed by atoms with Gasteiger partial charge in [0.2, 0.25) is 0 Å². The number of nitro benzene ring substituents is 1. The van der Waals surface area contributed by atoms with E-state index in [1.54, 1.807) is 0 Å². The zero-order valence-electron chi connectivity index (χ0n) is 8.69. The molecule has 1 aromatic carbocycles. The van der Waals surface area contributed by atoms with Gasteiger partial charge in [-0.2, -0.15) is 0 Å². The molecule has 17 heavy (non-hydrogen) atoms. The molecule has 2 N–H and O–H groups in total. The average molecular weight is 305 g/mol. The fourth-order valence-corrected chi connectivity index (χ4v) is 2.07. The van der Waals surface area contributed by atoms with Gasteiger partial charge in [0.25, 0.3) is 5.69 Å². The molecular formula is C10H10BrFN2O3. The van der Waals surface area contributed by atoms with Crippen LogP contribution in [0.3, 0.4) is 0 Å². The molecule has 1 saturated carbocycles. The van der Waals surface area contributed by atoms with Crippen LogP contribution >= 0.6 is 15.9 Å². The first kappa shape index (κ1) is 12.3. The number of hydrogen-bond donors (Lipinski definition) is 2. The Balaban J connectivity index is 2.25. The second-order valence-electron chi connectivity index (χ2n) is 4.01. The lowest BCUT2D eigenvalue weighted by Gasteiger charge is -2.32. The number of aliphatic hydroxyl groups is 1. The highest BCUT2D eigenvalue weighted by Crippen LogP contribution is 2.33. The molecular weight excluding hydrogens is 295 g/mol. The van der Waals surface area contributed by atoms with Crippen molar-refractivity contribution < 1.29 is 14.4 Å². The van der Waals surface area contributed by atoms with E-state index in [1.807, 2.05) is 0 Å². The average Bonchev–Trinajstić information content (AvgIpc) is 2.20. The molecule has 1 fully saturated rings. The van der Waals surface area contributed by atoms with E-state index in [4.69, 9.17) is 5.11 Å². The molecule has 0 heterocycles. The number of rotatable bonds is 3. The topological polar surface area (TPSA) is 75.4 Å². The Hall–Kier alpha value is -1.21. The number of benzene rings is 1. The standard InChI is InChI=1S/C10H10BrFN2O3/c11-7-3-9(13-5-1-6(15)2-5)10(14(16)17)4-8(7)12/h3-6,13,15H,1-2H2. The van der Waals surface area contributed by atoms with Gasteiger partial charge < -0.3 is 10.4 Å². The van der Waals surface area contributed by atoms with E-state index in [1.165, 1.54) is 6.07 Å². The van der Waals surface area contributed by atoms with Crippen LogP contribution < -0.4 is 5.32 Å². The Bertz CT molecular complexity index is 463. The zero-order chi connectivity index (χ0) is 12.6. The van der Waals surface area contributed by atoms with Crippen LogP contribution in [0.25, 0.3) is 0 Å². The first-order valence-corrected chi connectivity index (χ1v) is 5.84. The van der Waals surface area contributed by atoms with E-state index >= 15 is 0 Å². The molecule has 1 aliphatic rings. The van der Waals surface area contributed by atoms with Gasteiger partial charge in [-0.1, -0.05) is 0 Å². The predicted octanol–water partition coefficient (Wildman–Crippen LogP) is 2.43. The fraction of sp³-hybridized carbons (Fsp3) is 0.400. The number of anilines is 1. The van der Waals surface area contributed by atoms with Gasteiger partial charge in [-0.25, -0.2) is 4.39 Å². The van der Waals surface area contributed by atoms with Crippen molar-refractivity contribution >= 4 is 27.3 Å². The molecule has 5 nitrogen and oxygen atoms in total. The minimum Gasteiger partial charge on any atom is -0.393 e. The first-order chi connectivity index (χ1) is 7.97. The molecule has 0 bridgehead atoms. The fourth-order valence-electron chi connectivity index (χ4n) is 1.73. The number of halogens is 2. The Morgan fingerprint density at radius 2 is 2.18 bits per heavy atom. The van der Waals surface area contributed by atoms with Gasteiger partial charge in [0.15, 0.2) is 0 Å². The summed E-state index contributed by atoms with van der Waals surface area (Å²) < 4.78 is 13.4. The normalized spacial score (nSPS) is 23.0. The predicted molar refractivity (Wildman–Crippen MR) is 63.4 cm³/mol. The maximum absolute atomic E-state index is 13.2. The number of aliphatic hydroxyl groups excluding tert-OH is 1. The third-order valence-corrected chi connectivity index (χ3v) is 3.32. The van der Waals surface area contributed by atoms with Gasteiger partial charge in [0, 0.05) is 6.04 Å². The molecule has 0 radical (unpaired) electrons. The molecule has 92 valence electrons. The number of nitrogens with zero attached hydrogens (tertiary/aromatic N) is 1. The van der Waals surface area contributed by atoms with Crippen LogP contribution in [0.1, 0.15) is 12.8 Å². The van der Waals surface area contributed by atoms with E-state index in [2.05, 4.69) is 21.2 Å². The third kappa shape index (κ3) is 2.55. The van der Waals surface area contributed by atoms with Gasteiger partial charge in [-0.3, -0.25) is 10.1 Å². The number of nitro groups is 1. The molecule has 2 rings (SSSR count). The highest BCUT2D eigenvalue weighted by molar-refractivity contribution is 9.10. The molecule has 0 unspecified atom stereocenters.